The molecule has 0 spiro atoms. The number of nitro benzene ring substituents is 1. The monoisotopic (exact) mass is 373 g/mol. The molecule has 7 heteroatoms. The van der Waals surface area contributed by atoms with Crippen LogP contribution in [0, 0.1) is 21.4 Å². The summed E-state index contributed by atoms with van der Waals surface area (Å²) in [5.41, 5.74) is 1.01. The summed E-state index contributed by atoms with van der Waals surface area (Å²) >= 11 is 0. The Hall–Kier alpha value is -4.18. The summed E-state index contributed by atoms with van der Waals surface area (Å²) < 4.78 is 5.59. The second-order valence-electron chi connectivity index (χ2n) is 5.81. The molecule has 138 valence electrons. The summed E-state index contributed by atoms with van der Waals surface area (Å²) in [5, 5.41) is 23.1. The molecule has 2 aromatic carbocycles. The third-order valence-corrected chi connectivity index (χ3v) is 3.94. The smallest absolute Gasteiger partial charge is 0.280 e. The van der Waals surface area contributed by atoms with Gasteiger partial charge in [0, 0.05) is 18.7 Å². The number of nitrogens with one attached hydrogen (secondary N) is 1. The topological polar surface area (TPSA) is 109 Å². The molecule has 3 aromatic rings. The Labute approximate surface area is 160 Å². The minimum absolute atomic E-state index is 0.0894. The van der Waals surface area contributed by atoms with Crippen molar-refractivity contribution in [3.05, 3.63) is 93.7 Å². The fourth-order valence-corrected chi connectivity index (χ4v) is 2.58. The molecular formula is C21H15N3O4. The number of nitrogens with zero attached hydrogens (tertiary/aromatic N) is 2. The highest BCUT2D eigenvalue weighted by atomic mass is 16.6. The van der Waals surface area contributed by atoms with Crippen molar-refractivity contribution in [1.82, 2.24) is 5.32 Å². The number of hydrogen-bond donors (Lipinski definition) is 1. The van der Waals surface area contributed by atoms with E-state index in [0.29, 0.717) is 5.56 Å². The Kier molecular flexibility index (Phi) is 5.63. The molecule has 1 heterocycles. The van der Waals surface area contributed by atoms with Gasteiger partial charge in [-0.1, -0.05) is 42.5 Å². The zero-order valence-electron chi connectivity index (χ0n) is 14.7. The first-order valence-corrected chi connectivity index (χ1v) is 8.36. The number of benzene rings is 2. The minimum atomic E-state index is -0.532. The molecule has 0 saturated carbocycles. The van der Waals surface area contributed by atoms with Crippen molar-refractivity contribution in [1.29, 1.82) is 5.26 Å². The minimum Gasteiger partial charge on any atom is -0.456 e. The molecule has 1 aromatic heterocycles. The van der Waals surface area contributed by atoms with Crippen molar-refractivity contribution in [2.75, 3.05) is 0 Å². The lowest BCUT2D eigenvalue weighted by molar-refractivity contribution is -0.384. The molecule has 0 atom stereocenters. The van der Waals surface area contributed by atoms with Gasteiger partial charge in [0.25, 0.3) is 11.6 Å². The predicted molar refractivity (Wildman–Crippen MR) is 103 cm³/mol. The van der Waals surface area contributed by atoms with E-state index in [4.69, 9.17) is 4.42 Å². The van der Waals surface area contributed by atoms with Crippen molar-refractivity contribution in [3.8, 4) is 17.4 Å². The maximum Gasteiger partial charge on any atom is 0.280 e. The quantitative estimate of drug-likeness (QED) is 0.303. The largest absolute Gasteiger partial charge is 0.456 e. The van der Waals surface area contributed by atoms with Gasteiger partial charge in [-0.3, -0.25) is 14.9 Å². The van der Waals surface area contributed by atoms with E-state index in [2.05, 4.69) is 5.32 Å². The number of rotatable bonds is 6. The molecule has 1 N–H and O–H groups in total. The van der Waals surface area contributed by atoms with Gasteiger partial charge in [-0.15, -0.1) is 0 Å². The van der Waals surface area contributed by atoms with Crippen molar-refractivity contribution in [2.24, 2.45) is 0 Å². The van der Waals surface area contributed by atoms with Gasteiger partial charge in [-0.2, -0.15) is 5.26 Å². The molecule has 0 aliphatic rings. The van der Waals surface area contributed by atoms with Crippen LogP contribution in [0.15, 0.2) is 76.7 Å². The third kappa shape index (κ3) is 4.31. The number of para-hydroxylation sites is 1. The lowest BCUT2D eigenvalue weighted by atomic mass is 10.1. The number of nitro groups is 1. The molecule has 28 heavy (non-hydrogen) atoms. The first-order chi connectivity index (χ1) is 13.6. The van der Waals surface area contributed by atoms with Crippen LogP contribution in [0.25, 0.3) is 17.4 Å². The van der Waals surface area contributed by atoms with Crippen molar-refractivity contribution >= 4 is 17.7 Å². The normalized spacial score (nSPS) is 10.9. The molecule has 0 unspecified atom stereocenters. The summed E-state index contributed by atoms with van der Waals surface area (Å²) in [4.78, 5) is 22.9. The highest BCUT2D eigenvalue weighted by molar-refractivity contribution is 6.01. The molecule has 0 aliphatic carbocycles. The highest BCUT2D eigenvalue weighted by Crippen LogP contribution is 2.31. The van der Waals surface area contributed by atoms with E-state index in [1.807, 2.05) is 36.4 Å². The van der Waals surface area contributed by atoms with E-state index in [1.54, 1.807) is 30.3 Å². The first-order valence-electron chi connectivity index (χ1n) is 8.36. The number of nitriles is 1. The van der Waals surface area contributed by atoms with Crippen LogP contribution in [0.5, 0.6) is 0 Å². The standard InChI is InChI=1S/C21H15N3O4/c22-13-16(21(25)23-14-15-6-2-1-3-7-15)12-17-10-11-20(28-17)18-8-4-5-9-19(18)24(26)27/h1-12H,14H2,(H,23,25)/b16-12+. The van der Waals surface area contributed by atoms with Crippen molar-refractivity contribution in [2.45, 2.75) is 6.54 Å². The van der Waals surface area contributed by atoms with Gasteiger partial charge in [0.1, 0.15) is 23.2 Å². The van der Waals surface area contributed by atoms with Gasteiger partial charge < -0.3 is 9.73 Å². The maximum absolute atomic E-state index is 12.2. The van der Waals surface area contributed by atoms with Crippen LogP contribution in [0.1, 0.15) is 11.3 Å². The van der Waals surface area contributed by atoms with E-state index in [1.165, 1.54) is 12.1 Å². The molecule has 0 fully saturated rings. The lowest BCUT2D eigenvalue weighted by Crippen LogP contribution is -2.23. The molecule has 3 rings (SSSR count). The fraction of sp³-hybridized carbons (Fsp3) is 0.0476. The maximum atomic E-state index is 12.2. The number of furan rings is 1. The zero-order valence-corrected chi connectivity index (χ0v) is 14.7. The van der Waals surface area contributed by atoms with Crippen LogP contribution in [-0.4, -0.2) is 10.8 Å². The Bertz CT molecular complexity index is 1080. The van der Waals surface area contributed by atoms with E-state index in [9.17, 15) is 20.2 Å². The molecular weight excluding hydrogens is 358 g/mol. The van der Waals surface area contributed by atoms with E-state index >= 15 is 0 Å². The number of amides is 1. The van der Waals surface area contributed by atoms with Gasteiger partial charge in [-0.25, -0.2) is 0 Å². The second-order valence-corrected chi connectivity index (χ2v) is 5.81. The summed E-state index contributed by atoms with van der Waals surface area (Å²) in [6.45, 7) is 0.290. The Balaban J connectivity index is 1.78. The van der Waals surface area contributed by atoms with Crippen molar-refractivity contribution in [3.63, 3.8) is 0 Å². The average Bonchev–Trinajstić information content (AvgIpc) is 3.19. The van der Waals surface area contributed by atoms with Crippen LogP contribution in [-0.2, 0) is 11.3 Å². The molecule has 0 bridgehead atoms. The zero-order chi connectivity index (χ0) is 19.9. The van der Waals surface area contributed by atoms with Gasteiger partial charge in [0.2, 0.25) is 0 Å². The summed E-state index contributed by atoms with van der Waals surface area (Å²) in [7, 11) is 0. The summed E-state index contributed by atoms with van der Waals surface area (Å²) in [6, 6.07) is 20.4. The molecule has 0 aliphatic heterocycles. The van der Waals surface area contributed by atoms with Crippen LogP contribution < -0.4 is 5.32 Å². The van der Waals surface area contributed by atoms with Gasteiger partial charge in [0.15, 0.2) is 0 Å². The Morgan fingerprint density at radius 1 is 1.11 bits per heavy atom. The molecule has 0 radical (unpaired) electrons. The number of carbonyl (C=O) groups is 1. The number of hydrogen-bond acceptors (Lipinski definition) is 5. The predicted octanol–water partition coefficient (Wildman–Crippen LogP) is 4.08. The molecule has 1 amide bonds. The second kappa shape index (κ2) is 8.47. The fourth-order valence-electron chi connectivity index (χ4n) is 2.58. The third-order valence-electron chi connectivity index (χ3n) is 3.94. The van der Waals surface area contributed by atoms with Crippen LogP contribution in [0.4, 0.5) is 5.69 Å². The average molecular weight is 373 g/mol. The number of carbonyl (C=O) groups excluding carboxylic acids is 1. The summed E-state index contributed by atoms with van der Waals surface area (Å²) in [6.07, 6.45) is 1.30. The lowest BCUT2D eigenvalue weighted by Gasteiger charge is -2.04. The van der Waals surface area contributed by atoms with Gasteiger partial charge >= 0.3 is 0 Å². The van der Waals surface area contributed by atoms with Gasteiger partial charge in [0.05, 0.1) is 10.5 Å². The molecule has 0 saturated heterocycles. The van der Waals surface area contributed by atoms with E-state index in [-0.39, 0.29) is 29.3 Å². The van der Waals surface area contributed by atoms with Crippen LogP contribution >= 0.6 is 0 Å². The van der Waals surface area contributed by atoms with E-state index in [0.717, 1.165) is 5.56 Å². The first kappa shape index (κ1) is 18.6. The molecule has 7 nitrogen and oxygen atoms in total. The van der Waals surface area contributed by atoms with Crippen LogP contribution in [0.2, 0.25) is 0 Å². The van der Waals surface area contributed by atoms with Gasteiger partial charge in [-0.05, 0) is 23.8 Å². The van der Waals surface area contributed by atoms with Crippen molar-refractivity contribution < 1.29 is 14.1 Å². The Morgan fingerprint density at radius 3 is 2.54 bits per heavy atom. The summed E-state index contributed by atoms with van der Waals surface area (Å²) in [5.74, 6) is -0.00455. The van der Waals surface area contributed by atoms with Crippen LogP contribution in [0.3, 0.4) is 0 Å². The highest BCUT2D eigenvalue weighted by Gasteiger charge is 2.17. The van der Waals surface area contributed by atoms with E-state index < -0.39 is 10.8 Å². The Morgan fingerprint density at radius 2 is 1.82 bits per heavy atom. The SMILES string of the molecule is N#C/C(=C\c1ccc(-c2ccccc2[N+](=O)[O-])o1)C(=O)NCc1ccccc1.